The molecule has 1 aliphatic rings. The van der Waals surface area contributed by atoms with Crippen molar-refractivity contribution in [2.75, 3.05) is 0 Å². The van der Waals surface area contributed by atoms with Gasteiger partial charge >= 0.3 is 0 Å². The van der Waals surface area contributed by atoms with Gasteiger partial charge in [-0.2, -0.15) is 0 Å². The largest absolute Gasteiger partial charge is 0.251 e. The Kier molecular flexibility index (Phi) is 2.50. The Morgan fingerprint density at radius 1 is 1.30 bits per heavy atom. The summed E-state index contributed by atoms with van der Waals surface area (Å²) in [5, 5.41) is 0. The third-order valence-electron chi connectivity index (χ3n) is 2.35. The zero-order valence-electron chi connectivity index (χ0n) is 6.53. The Morgan fingerprint density at radius 2 is 1.90 bits per heavy atom. The fourth-order valence-corrected chi connectivity index (χ4v) is 1.71. The van der Waals surface area contributed by atoms with Crippen molar-refractivity contribution in [3.05, 3.63) is 12.7 Å². The first-order valence-electron chi connectivity index (χ1n) is 4.13. The molecule has 0 unspecified atom stereocenters. The number of nitrogens with one attached hydrogen (secondary N) is 1. The second-order valence-electron chi connectivity index (χ2n) is 3.33. The van der Waals surface area contributed by atoms with E-state index in [-0.39, 0.29) is 5.54 Å². The zero-order valence-corrected chi connectivity index (χ0v) is 6.53. The second kappa shape index (κ2) is 3.20. The molecule has 1 heteroatoms. The molecule has 0 bridgehead atoms. The summed E-state index contributed by atoms with van der Waals surface area (Å²) in [4.78, 5) is 0. The monoisotopic (exact) mass is 138 g/mol. The summed E-state index contributed by atoms with van der Waals surface area (Å²) in [7, 11) is 0. The predicted molar refractivity (Wildman–Crippen MR) is 43.7 cm³/mol. The molecule has 0 atom stereocenters. The van der Waals surface area contributed by atoms with Crippen LogP contribution in [0.15, 0.2) is 12.7 Å². The van der Waals surface area contributed by atoms with E-state index in [9.17, 15) is 0 Å². The van der Waals surface area contributed by atoms with Gasteiger partial charge in [0.25, 0.3) is 0 Å². The van der Waals surface area contributed by atoms with E-state index in [0.717, 1.165) is 19.3 Å². The lowest BCUT2D eigenvalue weighted by atomic mass is 9.80. The molecular formula is C9H16N. The zero-order chi connectivity index (χ0) is 7.45. The normalized spacial score (nSPS) is 24.1. The van der Waals surface area contributed by atoms with Gasteiger partial charge in [0.15, 0.2) is 0 Å². The van der Waals surface area contributed by atoms with Gasteiger partial charge in [-0.3, -0.25) is 5.73 Å². The molecule has 0 amide bonds. The quantitative estimate of drug-likeness (QED) is 0.524. The standard InChI is InChI=1S/C9H16N/c1-2-6-9(10)7-4-3-5-8-9/h2,10H,1,3-8H2. The van der Waals surface area contributed by atoms with Crippen LogP contribution < -0.4 is 5.73 Å². The summed E-state index contributed by atoms with van der Waals surface area (Å²) >= 11 is 0. The molecule has 1 radical (unpaired) electrons. The van der Waals surface area contributed by atoms with Crippen molar-refractivity contribution in [3.63, 3.8) is 0 Å². The lowest BCUT2D eigenvalue weighted by Gasteiger charge is -2.31. The average Bonchev–Trinajstić information content (AvgIpc) is 1.89. The summed E-state index contributed by atoms with van der Waals surface area (Å²) in [6.07, 6.45) is 8.76. The van der Waals surface area contributed by atoms with Crippen LogP contribution in [0.3, 0.4) is 0 Å². The SMILES string of the molecule is C=CCC1([NH])CCCCC1. The molecule has 0 heterocycles. The Labute approximate surface area is 63.3 Å². The highest BCUT2D eigenvalue weighted by atomic mass is 14.7. The Hall–Kier alpha value is -0.300. The topological polar surface area (TPSA) is 23.8 Å². The molecule has 0 aromatic rings. The first kappa shape index (κ1) is 7.80. The lowest BCUT2D eigenvalue weighted by molar-refractivity contribution is 0.288. The highest BCUT2D eigenvalue weighted by Crippen LogP contribution is 2.29. The van der Waals surface area contributed by atoms with Gasteiger partial charge in [-0.15, -0.1) is 6.58 Å². The van der Waals surface area contributed by atoms with Crippen molar-refractivity contribution >= 4 is 0 Å². The van der Waals surface area contributed by atoms with Crippen molar-refractivity contribution < 1.29 is 0 Å². The van der Waals surface area contributed by atoms with Crippen molar-refractivity contribution in [2.24, 2.45) is 0 Å². The molecule has 0 spiro atoms. The molecular weight excluding hydrogens is 122 g/mol. The van der Waals surface area contributed by atoms with Gasteiger partial charge in [0.05, 0.1) is 0 Å². The molecule has 1 rings (SSSR count). The van der Waals surface area contributed by atoms with Gasteiger partial charge in [-0.1, -0.05) is 25.3 Å². The summed E-state index contributed by atoms with van der Waals surface area (Å²) in [6, 6.07) is 0. The van der Waals surface area contributed by atoms with Crippen LogP contribution in [0.1, 0.15) is 38.5 Å². The van der Waals surface area contributed by atoms with Crippen molar-refractivity contribution in [3.8, 4) is 0 Å². The summed E-state index contributed by atoms with van der Waals surface area (Å²) in [5.74, 6) is 0. The second-order valence-corrected chi connectivity index (χ2v) is 3.33. The van der Waals surface area contributed by atoms with Crippen LogP contribution in [-0.2, 0) is 0 Å². The molecule has 0 aliphatic heterocycles. The maximum Gasteiger partial charge on any atom is 0.0358 e. The van der Waals surface area contributed by atoms with Gasteiger partial charge in [-0.05, 0) is 19.3 Å². The maximum absolute atomic E-state index is 7.95. The van der Waals surface area contributed by atoms with Crippen LogP contribution in [0.25, 0.3) is 0 Å². The molecule has 1 nitrogen and oxygen atoms in total. The number of rotatable bonds is 2. The maximum atomic E-state index is 7.95. The van der Waals surface area contributed by atoms with E-state index in [4.69, 9.17) is 5.73 Å². The predicted octanol–water partition coefficient (Wildman–Crippen LogP) is 2.55. The van der Waals surface area contributed by atoms with Crippen LogP contribution in [0.2, 0.25) is 0 Å². The summed E-state index contributed by atoms with van der Waals surface area (Å²) in [6.45, 7) is 3.68. The van der Waals surface area contributed by atoms with E-state index < -0.39 is 0 Å². The van der Waals surface area contributed by atoms with Gasteiger partial charge in [0, 0.05) is 5.54 Å². The van der Waals surface area contributed by atoms with Crippen molar-refractivity contribution in [2.45, 2.75) is 44.1 Å². The molecule has 1 fully saturated rings. The summed E-state index contributed by atoms with van der Waals surface area (Å²) in [5.41, 5.74) is 7.81. The van der Waals surface area contributed by atoms with E-state index in [1.807, 2.05) is 6.08 Å². The third kappa shape index (κ3) is 1.84. The molecule has 1 aliphatic carbocycles. The van der Waals surface area contributed by atoms with E-state index >= 15 is 0 Å². The third-order valence-corrected chi connectivity index (χ3v) is 2.35. The average molecular weight is 138 g/mol. The van der Waals surface area contributed by atoms with E-state index in [1.165, 1.54) is 19.3 Å². The van der Waals surface area contributed by atoms with Crippen LogP contribution in [0.5, 0.6) is 0 Å². The Balaban J connectivity index is 2.39. The van der Waals surface area contributed by atoms with Crippen LogP contribution in [0, 0.1) is 0 Å². The van der Waals surface area contributed by atoms with Crippen LogP contribution in [0.4, 0.5) is 0 Å². The molecule has 0 saturated heterocycles. The van der Waals surface area contributed by atoms with E-state index in [1.54, 1.807) is 0 Å². The fraction of sp³-hybridized carbons (Fsp3) is 0.778. The fourth-order valence-electron chi connectivity index (χ4n) is 1.71. The van der Waals surface area contributed by atoms with Crippen molar-refractivity contribution in [1.82, 2.24) is 5.73 Å². The number of hydrogen-bond donors (Lipinski definition) is 0. The molecule has 0 aromatic carbocycles. The minimum absolute atomic E-state index is 0.139. The highest BCUT2D eigenvalue weighted by Gasteiger charge is 2.26. The van der Waals surface area contributed by atoms with Crippen LogP contribution in [-0.4, -0.2) is 5.54 Å². The smallest absolute Gasteiger partial charge is 0.0358 e. The van der Waals surface area contributed by atoms with Gasteiger partial charge < -0.3 is 0 Å². The molecule has 1 N–H and O–H groups in total. The van der Waals surface area contributed by atoms with Gasteiger partial charge in [-0.25, -0.2) is 0 Å². The molecule has 1 saturated carbocycles. The van der Waals surface area contributed by atoms with Crippen molar-refractivity contribution in [1.29, 1.82) is 0 Å². The molecule has 10 heavy (non-hydrogen) atoms. The van der Waals surface area contributed by atoms with Gasteiger partial charge in [0.2, 0.25) is 0 Å². The lowest BCUT2D eigenvalue weighted by Crippen LogP contribution is -2.32. The van der Waals surface area contributed by atoms with E-state index in [2.05, 4.69) is 6.58 Å². The van der Waals surface area contributed by atoms with E-state index in [0.29, 0.717) is 0 Å². The Bertz CT molecular complexity index is 112. The minimum atomic E-state index is -0.139. The minimum Gasteiger partial charge on any atom is -0.251 e. The first-order chi connectivity index (χ1) is 4.77. The first-order valence-corrected chi connectivity index (χ1v) is 4.13. The van der Waals surface area contributed by atoms with Gasteiger partial charge in [0.1, 0.15) is 0 Å². The molecule has 0 aromatic heterocycles. The highest BCUT2D eigenvalue weighted by molar-refractivity contribution is 4.92. The number of hydrogen-bond acceptors (Lipinski definition) is 0. The van der Waals surface area contributed by atoms with Crippen LogP contribution >= 0.6 is 0 Å². The molecule has 57 valence electrons. The Morgan fingerprint density at radius 3 is 2.40 bits per heavy atom. The summed E-state index contributed by atoms with van der Waals surface area (Å²) < 4.78 is 0.